The summed E-state index contributed by atoms with van der Waals surface area (Å²) < 4.78 is 13.5. The van der Waals surface area contributed by atoms with Crippen LogP contribution < -0.4 is 5.32 Å². The van der Waals surface area contributed by atoms with Crippen LogP contribution >= 0.6 is 15.9 Å². The molecule has 0 atom stereocenters. The monoisotopic (exact) mass is 335 g/mol. The third-order valence-electron chi connectivity index (χ3n) is 2.97. The number of carbonyl (C=O) groups excluding carboxylic acids is 1. The molecular weight excluding hydrogens is 321 g/mol. The smallest absolute Gasteiger partial charge is 0.252 e. The van der Waals surface area contributed by atoms with Gasteiger partial charge in [-0.1, -0.05) is 36.4 Å². The van der Waals surface area contributed by atoms with Crippen LogP contribution in [-0.2, 0) is 6.42 Å². The summed E-state index contributed by atoms with van der Waals surface area (Å²) in [5, 5.41) is 2.80. The van der Waals surface area contributed by atoms with E-state index in [2.05, 4.69) is 33.4 Å². The Morgan fingerprint density at radius 2 is 1.85 bits per heavy atom. The summed E-state index contributed by atoms with van der Waals surface area (Å²) in [5.41, 5.74) is 1.57. The molecule has 104 valence electrons. The molecule has 1 amide bonds. The molecule has 0 saturated heterocycles. The van der Waals surface area contributed by atoms with Crippen LogP contribution in [0.3, 0.4) is 0 Å². The van der Waals surface area contributed by atoms with E-state index in [1.807, 2.05) is 18.2 Å². The number of amides is 1. The number of halogens is 2. The molecule has 0 fully saturated rings. The standard InChI is InChI=1S/C16H15BrFNO/c17-15-13(9-4-10-14(15)18)16(20)19-11-5-8-12-6-2-1-3-7-12/h1-4,6-7,9-10H,5,8,11H2,(H,19,20). The third-order valence-corrected chi connectivity index (χ3v) is 3.77. The molecule has 2 nitrogen and oxygen atoms in total. The van der Waals surface area contributed by atoms with Gasteiger partial charge in [-0.25, -0.2) is 4.39 Å². The van der Waals surface area contributed by atoms with Crippen molar-refractivity contribution < 1.29 is 9.18 Å². The highest BCUT2D eigenvalue weighted by atomic mass is 79.9. The van der Waals surface area contributed by atoms with E-state index in [0.29, 0.717) is 12.1 Å². The predicted molar refractivity (Wildman–Crippen MR) is 81.2 cm³/mol. The maximum absolute atomic E-state index is 13.3. The third kappa shape index (κ3) is 3.90. The Balaban J connectivity index is 1.82. The Bertz CT molecular complexity index is 586. The average molecular weight is 336 g/mol. The van der Waals surface area contributed by atoms with Crippen LogP contribution in [0, 0.1) is 5.82 Å². The number of aryl methyl sites for hydroxylation is 1. The molecule has 20 heavy (non-hydrogen) atoms. The van der Waals surface area contributed by atoms with Crippen molar-refractivity contribution in [3.63, 3.8) is 0 Å². The van der Waals surface area contributed by atoms with Gasteiger partial charge in [-0.3, -0.25) is 4.79 Å². The van der Waals surface area contributed by atoms with E-state index in [0.717, 1.165) is 12.8 Å². The first-order chi connectivity index (χ1) is 9.68. The topological polar surface area (TPSA) is 29.1 Å². The summed E-state index contributed by atoms with van der Waals surface area (Å²) in [7, 11) is 0. The molecule has 0 bridgehead atoms. The summed E-state index contributed by atoms with van der Waals surface area (Å²) in [6.07, 6.45) is 1.76. The van der Waals surface area contributed by atoms with Gasteiger partial charge in [0, 0.05) is 6.54 Å². The van der Waals surface area contributed by atoms with Gasteiger partial charge >= 0.3 is 0 Å². The molecule has 0 heterocycles. The molecule has 0 radical (unpaired) electrons. The second-order valence-corrected chi connectivity index (χ2v) is 5.24. The van der Waals surface area contributed by atoms with E-state index in [-0.39, 0.29) is 10.4 Å². The summed E-state index contributed by atoms with van der Waals surface area (Å²) in [6.45, 7) is 0.566. The van der Waals surface area contributed by atoms with Gasteiger partial charge in [-0.05, 0) is 46.5 Å². The second-order valence-electron chi connectivity index (χ2n) is 4.45. The Labute approximate surface area is 126 Å². The molecular formula is C16H15BrFNO. The van der Waals surface area contributed by atoms with Crippen LogP contribution in [0.1, 0.15) is 22.3 Å². The fraction of sp³-hybridized carbons (Fsp3) is 0.188. The van der Waals surface area contributed by atoms with Crippen molar-refractivity contribution >= 4 is 21.8 Å². The normalized spacial score (nSPS) is 10.3. The fourth-order valence-electron chi connectivity index (χ4n) is 1.91. The van der Waals surface area contributed by atoms with Crippen molar-refractivity contribution in [2.45, 2.75) is 12.8 Å². The van der Waals surface area contributed by atoms with E-state index >= 15 is 0 Å². The first-order valence-corrected chi connectivity index (χ1v) is 7.24. The van der Waals surface area contributed by atoms with E-state index < -0.39 is 5.82 Å². The van der Waals surface area contributed by atoms with Crippen LogP contribution in [0.15, 0.2) is 53.0 Å². The Morgan fingerprint density at radius 3 is 2.60 bits per heavy atom. The summed E-state index contributed by atoms with van der Waals surface area (Å²) in [6, 6.07) is 14.5. The van der Waals surface area contributed by atoms with Crippen molar-refractivity contribution in [3.05, 3.63) is 69.9 Å². The number of hydrogen-bond donors (Lipinski definition) is 1. The van der Waals surface area contributed by atoms with Gasteiger partial charge in [0.1, 0.15) is 5.82 Å². The highest BCUT2D eigenvalue weighted by molar-refractivity contribution is 9.10. The van der Waals surface area contributed by atoms with Crippen LogP contribution in [-0.4, -0.2) is 12.5 Å². The van der Waals surface area contributed by atoms with E-state index in [1.165, 1.54) is 17.7 Å². The minimum atomic E-state index is -0.429. The number of carbonyl (C=O) groups is 1. The van der Waals surface area contributed by atoms with E-state index in [4.69, 9.17) is 0 Å². The maximum Gasteiger partial charge on any atom is 0.252 e. The van der Waals surface area contributed by atoms with Gasteiger partial charge in [0.15, 0.2) is 0 Å². The summed E-state index contributed by atoms with van der Waals surface area (Å²) in [5.74, 6) is -0.689. The summed E-state index contributed by atoms with van der Waals surface area (Å²) in [4.78, 5) is 11.9. The van der Waals surface area contributed by atoms with Crippen molar-refractivity contribution in [1.29, 1.82) is 0 Å². The first kappa shape index (κ1) is 14.7. The highest BCUT2D eigenvalue weighted by Gasteiger charge is 2.12. The molecule has 0 saturated carbocycles. The van der Waals surface area contributed by atoms with Gasteiger partial charge in [-0.15, -0.1) is 0 Å². The molecule has 2 rings (SSSR count). The lowest BCUT2D eigenvalue weighted by molar-refractivity contribution is 0.0952. The lowest BCUT2D eigenvalue weighted by Crippen LogP contribution is -2.25. The summed E-state index contributed by atoms with van der Waals surface area (Å²) >= 11 is 3.09. The number of nitrogens with one attached hydrogen (secondary N) is 1. The zero-order valence-electron chi connectivity index (χ0n) is 10.9. The molecule has 4 heteroatoms. The van der Waals surface area contributed by atoms with Crippen LogP contribution in [0.2, 0.25) is 0 Å². The molecule has 2 aromatic carbocycles. The predicted octanol–water partition coefficient (Wildman–Crippen LogP) is 3.95. The van der Waals surface area contributed by atoms with E-state index in [9.17, 15) is 9.18 Å². The maximum atomic E-state index is 13.3. The Hall–Kier alpha value is -1.68. The van der Waals surface area contributed by atoms with Gasteiger partial charge in [0.05, 0.1) is 10.0 Å². The lowest BCUT2D eigenvalue weighted by Gasteiger charge is -2.07. The largest absolute Gasteiger partial charge is 0.352 e. The number of benzene rings is 2. The highest BCUT2D eigenvalue weighted by Crippen LogP contribution is 2.20. The Morgan fingerprint density at radius 1 is 1.10 bits per heavy atom. The van der Waals surface area contributed by atoms with Crippen molar-refractivity contribution in [2.24, 2.45) is 0 Å². The van der Waals surface area contributed by atoms with Crippen LogP contribution in [0.5, 0.6) is 0 Å². The average Bonchev–Trinajstić information content (AvgIpc) is 2.47. The van der Waals surface area contributed by atoms with Gasteiger partial charge in [-0.2, -0.15) is 0 Å². The SMILES string of the molecule is O=C(NCCCc1ccccc1)c1cccc(F)c1Br. The zero-order valence-corrected chi connectivity index (χ0v) is 12.5. The minimum absolute atomic E-state index is 0.209. The molecule has 1 N–H and O–H groups in total. The van der Waals surface area contributed by atoms with Crippen molar-refractivity contribution in [2.75, 3.05) is 6.54 Å². The zero-order chi connectivity index (χ0) is 14.4. The molecule has 0 unspecified atom stereocenters. The molecule has 0 spiro atoms. The lowest BCUT2D eigenvalue weighted by atomic mass is 10.1. The van der Waals surface area contributed by atoms with Gasteiger partial charge in [0.2, 0.25) is 0 Å². The van der Waals surface area contributed by atoms with Gasteiger partial charge < -0.3 is 5.32 Å². The van der Waals surface area contributed by atoms with Crippen molar-refractivity contribution in [3.8, 4) is 0 Å². The number of hydrogen-bond acceptors (Lipinski definition) is 1. The van der Waals surface area contributed by atoms with Crippen LogP contribution in [0.25, 0.3) is 0 Å². The van der Waals surface area contributed by atoms with E-state index in [1.54, 1.807) is 6.07 Å². The van der Waals surface area contributed by atoms with Gasteiger partial charge in [0.25, 0.3) is 5.91 Å². The number of rotatable bonds is 5. The molecule has 2 aromatic rings. The minimum Gasteiger partial charge on any atom is -0.352 e. The fourth-order valence-corrected chi connectivity index (χ4v) is 2.36. The van der Waals surface area contributed by atoms with Crippen LogP contribution in [0.4, 0.5) is 4.39 Å². The quantitative estimate of drug-likeness (QED) is 0.823. The first-order valence-electron chi connectivity index (χ1n) is 6.44. The Kier molecular flexibility index (Phi) is 5.30. The van der Waals surface area contributed by atoms with Crippen molar-refractivity contribution in [1.82, 2.24) is 5.32 Å². The molecule has 0 aliphatic rings. The molecule has 0 aromatic heterocycles. The second kappa shape index (κ2) is 7.20. The molecule has 0 aliphatic carbocycles. The molecule has 0 aliphatic heterocycles.